The Kier molecular flexibility index (Phi) is 6.33. The zero-order chi connectivity index (χ0) is 13.6. The Balaban J connectivity index is 2.60. The van der Waals surface area contributed by atoms with Gasteiger partial charge in [-0.3, -0.25) is 0 Å². The minimum atomic E-state index is 0.136. The van der Waals surface area contributed by atoms with E-state index in [2.05, 4.69) is 66.3 Å². The molecule has 0 saturated carbocycles. The number of rotatable bonds is 7. The SMILES string of the molecule is CCC(NCC(C)(C)CCO)c1ccc(Br)cc1. The highest BCUT2D eigenvalue weighted by Crippen LogP contribution is 2.23. The van der Waals surface area contributed by atoms with Crippen LogP contribution < -0.4 is 5.32 Å². The Bertz CT molecular complexity index is 348. The molecule has 0 aromatic heterocycles. The van der Waals surface area contributed by atoms with E-state index in [0.29, 0.717) is 6.04 Å². The summed E-state index contributed by atoms with van der Waals surface area (Å²) in [5.41, 5.74) is 1.46. The van der Waals surface area contributed by atoms with Crippen molar-refractivity contribution in [3.05, 3.63) is 34.3 Å². The summed E-state index contributed by atoms with van der Waals surface area (Å²) in [6.07, 6.45) is 1.90. The average molecular weight is 314 g/mol. The van der Waals surface area contributed by atoms with Gasteiger partial charge in [0, 0.05) is 23.7 Å². The molecule has 1 aromatic carbocycles. The van der Waals surface area contributed by atoms with E-state index in [9.17, 15) is 0 Å². The van der Waals surface area contributed by atoms with Crippen LogP contribution in [0, 0.1) is 5.41 Å². The summed E-state index contributed by atoms with van der Waals surface area (Å²) in [7, 11) is 0. The van der Waals surface area contributed by atoms with Gasteiger partial charge in [-0.2, -0.15) is 0 Å². The lowest BCUT2D eigenvalue weighted by atomic mass is 9.89. The second-order valence-electron chi connectivity index (χ2n) is 5.53. The first-order chi connectivity index (χ1) is 8.48. The largest absolute Gasteiger partial charge is 0.396 e. The molecule has 0 aliphatic carbocycles. The number of hydrogen-bond acceptors (Lipinski definition) is 2. The molecule has 0 spiro atoms. The second kappa shape index (κ2) is 7.27. The molecule has 0 saturated heterocycles. The van der Waals surface area contributed by atoms with Crippen LogP contribution in [-0.4, -0.2) is 18.3 Å². The van der Waals surface area contributed by atoms with Gasteiger partial charge in [-0.25, -0.2) is 0 Å². The van der Waals surface area contributed by atoms with Gasteiger partial charge in [0.05, 0.1) is 0 Å². The molecule has 1 unspecified atom stereocenters. The highest BCUT2D eigenvalue weighted by Gasteiger charge is 2.19. The van der Waals surface area contributed by atoms with Crippen molar-refractivity contribution in [2.75, 3.05) is 13.2 Å². The number of hydrogen-bond donors (Lipinski definition) is 2. The zero-order valence-electron chi connectivity index (χ0n) is 11.5. The van der Waals surface area contributed by atoms with Gasteiger partial charge in [-0.1, -0.05) is 48.8 Å². The lowest BCUT2D eigenvalue weighted by Crippen LogP contribution is -2.32. The first-order valence-corrected chi connectivity index (χ1v) is 7.37. The summed E-state index contributed by atoms with van der Waals surface area (Å²) in [5.74, 6) is 0. The molecule has 0 heterocycles. The van der Waals surface area contributed by atoms with Gasteiger partial charge in [0.1, 0.15) is 0 Å². The minimum Gasteiger partial charge on any atom is -0.396 e. The van der Waals surface area contributed by atoms with E-state index in [0.717, 1.165) is 23.9 Å². The van der Waals surface area contributed by atoms with Gasteiger partial charge in [0.15, 0.2) is 0 Å². The molecule has 1 atom stereocenters. The third-order valence-electron chi connectivity index (χ3n) is 3.30. The molecule has 0 radical (unpaired) electrons. The van der Waals surface area contributed by atoms with Crippen LogP contribution in [0.25, 0.3) is 0 Å². The molecule has 0 fully saturated rings. The van der Waals surface area contributed by atoms with E-state index in [1.165, 1.54) is 5.56 Å². The number of benzene rings is 1. The summed E-state index contributed by atoms with van der Waals surface area (Å²) < 4.78 is 1.11. The maximum atomic E-state index is 9.04. The lowest BCUT2D eigenvalue weighted by molar-refractivity contribution is 0.202. The molecule has 1 rings (SSSR count). The summed E-state index contributed by atoms with van der Waals surface area (Å²) in [6, 6.07) is 8.86. The van der Waals surface area contributed by atoms with Crippen molar-refractivity contribution in [3.8, 4) is 0 Å². The normalized spacial score (nSPS) is 13.6. The highest BCUT2D eigenvalue weighted by atomic mass is 79.9. The lowest BCUT2D eigenvalue weighted by Gasteiger charge is -2.27. The van der Waals surface area contributed by atoms with E-state index in [4.69, 9.17) is 5.11 Å². The van der Waals surface area contributed by atoms with Crippen LogP contribution in [0.5, 0.6) is 0 Å². The Labute approximate surface area is 119 Å². The summed E-state index contributed by atoms with van der Waals surface area (Å²) >= 11 is 3.46. The second-order valence-corrected chi connectivity index (χ2v) is 6.45. The van der Waals surface area contributed by atoms with E-state index in [1.807, 2.05) is 0 Å². The minimum absolute atomic E-state index is 0.136. The number of aliphatic hydroxyl groups excluding tert-OH is 1. The smallest absolute Gasteiger partial charge is 0.0436 e. The van der Waals surface area contributed by atoms with Crippen molar-refractivity contribution in [3.63, 3.8) is 0 Å². The van der Waals surface area contributed by atoms with Crippen LogP contribution in [0.15, 0.2) is 28.7 Å². The van der Waals surface area contributed by atoms with Gasteiger partial charge in [0.25, 0.3) is 0 Å². The van der Waals surface area contributed by atoms with Gasteiger partial charge in [-0.05, 0) is 36.0 Å². The van der Waals surface area contributed by atoms with Crippen molar-refractivity contribution in [2.45, 2.75) is 39.7 Å². The molecule has 1 aromatic rings. The van der Waals surface area contributed by atoms with Gasteiger partial charge in [-0.15, -0.1) is 0 Å². The predicted molar refractivity (Wildman–Crippen MR) is 80.7 cm³/mol. The number of aliphatic hydroxyl groups is 1. The van der Waals surface area contributed by atoms with Gasteiger partial charge in [0.2, 0.25) is 0 Å². The zero-order valence-corrected chi connectivity index (χ0v) is 13.1. The maximum absolute atomic E-state index is 9.04. The highest BCUT2D eigenvalue weighted by molar-refractivity contribution is 9.10. The Morgan fingerprint density at radius 3 is 2.39 bits per heavy atom. The summed E-state index contributed by atoms with van der Waals surface area (Å²) in [6.45, 7) is 7.74. The molecule has 18 heavy (non-hydrogen) atoms. The molecular formula is C15H24BrNO. The fourth-order valence-corrected chi connectivity index (χ4v) is 2.25. The van der Waals surface area contributed by atoms with Crippen molar-refractivity contribution < 1.29 is 5.11 Å². The van der Waals surface area contributed by atoms with E-state index >= 15 is 0 Å². The van der Waals surface area contributed by atoms with Crippen LogP contribution in [-0.2, 0) is 0 Å². The molecule has 0 amide bonds. The van der Waals surface area contributed by atoms with Crippen molar-refractivity contribution in [1.29, 1.82) is 0 Å². The summed E-state index contributed by atoms with van der Waals surface area (Å²) in [5, 5.41) is 12.6. The molecule has 0 aliphatic rings. The van der Waals surface area contributed by atoms with Crippen LogP contribution in [0.4, 0.5) is 0 Å². The Hall–Kier alpha value is -0.380. The third kappa shape index (κ3) is 5.09. The quantitative estimate of drug-likeness (QED) is 0.800. The van der Waals surface area contributed by atoms with Crippen molar-refractivity contribution in [2.24, 2.45) is 5.41 Å². The van der Waals surface area contributed by atoms with E-state index < -0.39 is 0 Å². The third-order valence-corrected chi connectivity index (χ3v) is 3.82. The molecule has 2 N–H and O–H groups in total. The van der Waals surface area contributed by atoms with Crippen LogP contribution in [0.3, 0.4) is 0 Å². The first-order valence-electron chi connectivity index (χ1n) is 6.58. The summed E-state index contributed by atoms with van der Waals surface area (Å²) in [4.78, 5) is 0. The number of nitrogens with one attached hydrogen (secondary N) is 1. The van der Waals surface area contributed by atoms with Crippen molar-refractivity contribution >= 4 is 15.9 Å². The Morgan fingerprint density at radius 1 is 1.28 bits per heavy atom. The molecular weight excluding hydrogens is 290 g/mol. The van der Waals surface area contributed by atoms with E-state index in [1.54, 1.807) is 0 Å². The maximum Gasteiger partial charge on any atom is 0.0436 e. The fourth-order valence-electron chi connectivity index (χ4n) is 1.98. The predicted octanol–water partition coefficient (Wildman–Crippen LogP) is 3.90. The number of halogens is 1. The van der Waals surface area contributed by atoms with Gasteiger partial charge < -0.3 is 10.4 Å². The molecule has 2 nitrogen and oxygen atoms in total. The standard InChI is InChI=1S/C15H24BrNO/c1-4-14(12-5-7-13(16)8-6-12)17-11-15(2,3)9-10-18/h5-8,14,17-18H,4,9-11H2,1-3H3. The van der Waals surface area contributed by atoms with Crippen LogP contribution in [0.1, 0.15) is 45.2 Å². The van der Waals surface area contributed by atoms with E-state index in [-0.39, 0.29) is 12.0 Å². The average Bonchev–Trinajstić information content (AvgIpc) is 2.32. The first kappa shape index (κ1) is 15.7. The molecule has 102 valence electrons. The topological polar surface area (TPSA) is 32.3 Å². The molecule has 3 heteroatoms. The van der Waals surface area contributed by atoms with Crippen LogP contribution in [0.2, 0.25) is 0 Å². The molecule has 0 aliphatic heterocycles. The molecule has 0 bridgehead atoms. The fraction of sp³-hybridized carbons (Fsp3) is 0.600. The monoisotopic (exact) mass is 313 g/mol. The van der Waals surface area contributed by atoms with Crippen molar-refractivity contribution in [1.82, 2.24) is 5.32 Å². The van der Waals surface area contributed by atoms with Gasteiger partial charge >= 0.3 is 0 Å². The Morgan fingerprint density at radius 2 is 1.89 bits per heavy atom. The van der Waals surface area contributed by atoms with Crippen LogP contribution >= 0.6 is 15.9 Å².